The summed E-state index contributed by atoms with van der Waals surface area (Å²) in [5.41, 5.74) is 2.51. The first-order valence-electron chi connectivity index (χ1n) is 8.09. The van der Waals surface area contributed by atoms with Crippen molar-refractivity contribution in [3.05, 3.63) is 47.7 Å². The van der Waals surface area contributed by atoms with Crippen molar-refractivity contribution in [3.63, 3.8) is 0 Å². The van der Waals surface area contributed by atoms with Gasteiger partial charge in [0.1, 0.15) is 11.5 Å². The monoisotopic (exact) mass is 285 g/mol. The van der Waals surface area contributed by atoms with E-state index in [9.17, 15) is 0 Å². The van der Waals surface area contributed by atoms with Gasteiger partial charge in [-0.15, -0.1) is 0 Å². The van der Waals surface area contributed by atoms with Crippen molar-refractivity contribution in [1.82, 2.24) is 5.32 Å². The SMILES string of the molecule is CCCNC(CC)c1ccc(-c2ccc(C(C)C)cc2)o1. The smallest absolute Gasteiger partial charge is 0.134 e. The lowest BCUT2D eigenvalue weighted by atomic mass is 10.0. The van der Waals surface area contributed by atoms with Crippen molar-refractivity contribution < 1.29 is 4.42 Å². The molecular formula is C19H27NO. The van der Waals surface area contributed by atoms with Crippen molar-refractivity contribution in [1.29, 1.82) is 0 Å². The average molecular weight is 285 g/mol. The number of furan rings is 1. The van der Waals surface area contributed by atoms with E-state index >= 15 is 0 Å². The van der Waals surface area contributed by atoms with Crippen LogP contribution >= 0.6 is 0 Å². The predicted octanol–water partition coefficient (Wildman–Crippen LogP) is 5.52. The van der Waals surface area contributed by atoms with Crippen molar-refractivity contribution >= 4 is 0 Å². The fourth-order valence-electron chi connectivity index (χ4n) is 2.49. The van der Waals surface area contributed by atoms with Crippen LogP contribution in [0.4, 0.5) is 0 Å². The van der Waals surface area contributed by atoms with Gasteiger partial charge in [-0.3, -0.25) is 0 Å². The molecule has 0 amide bonds. The molecule has 1 heterocycles. The van der Waals surface area contributed by atoms with Gasteiger partial charge < -0.3 is 9.73 Å². The summed E-state index contributed by atoms with van der Waals surface area (Å²) in [6.07, 6.45) is 2.18. The van der Waals surface area contributed by atoms with Crippen molar-refractivity contribution in [2.45, 2.75) is 52.5 Å². The highest BCUT2D eigenvalue weighted by Gasteiger charge is 2.13. The van der Waals surface area contributed by atoms with Crippen LogP contribution in [-0.4, -0.2) is 6.54 Å². The zero-order valence-corrected chi connectivity index (χ0v) is 13.6. The molecule has 0 aliphatic heterocycles. The molecule has 0 radical (unpaired) electrons. The standard InChI is InChI=1S/C19H27NO/c1-5-13-20-17(6-2)19-12-11-18(21-19)16-9-7-15(8-10-16)14(3)4/h7-12,14,17,20H,5-6,13H2,1-4H3. The molecule has 0 spiro atoms. The number of nitrogens with one attached hydrogen (secondary N) is 1. The van der Waals surface area contributed by atoms with Gasteiger partial charge in [0.25, 0.3) is 0 Å². The average Bonchev–Trinajstić information content (AvgIpc) is 2.98. The second kappa shape index (κ2) is 7.46. The lowest BCUT2D eigenvalue weighted by Crippen LogP contribution is -2.20. The van der Waals surface area contributed by atoms with E-state index < -0.39 is 0 Å². The first kappa shape index (κ1) is 15.8. The van der Waals surface area contributed by atoms with Crippen LogP contribution in [0, 0.1) is 0 Å². The summed E-state index contributed by atoms with van der Waals surface area (Å²) in [6, 6.07) is 13.2. The number of benzene rings is 1. The molecule has 2 heteroatoms. The Morgan fingerprint density at radius 1 is 1.00 bits per heavy atom. The first-order valence-corrected chi connectivity index (χ1v) is 8.09. The summed E-state index contributed by atoms with van der Waals surface area (Å²) < 4.78 is 6.06. The normalized spacial score (nSPS) is 12.8. The minimum absolute atomic E-state index is 0.314. The zero-order valence-electron chi connectivity index (χ0n) is 13.6. The maximum atomic E-state index is 6.06. The molecule has 114 valence electrons. The molecular weight excluding hydrogens is 258 g/mol. The molecule has 1 N–H and O–H groups in total. The third-order valence-electron chi connectivity index (χ3n) is 3.88. The largest absolute Gasteiger partial charge is 0.459 e. The Hall–Kier alpha value is -1.54. The van der Waals surface area contributed by atoms with Crippen LogP contribution in [0.3, 0.4) is 0 Å². The van der Waals surface area contributed by atoms with Crippen LogP contribution in [0.25, 0.3) is 11.3 Å². The van der Waals surface area contributed by atoms with Crippen molar-refractivity contribution in [2.24, 2.45) is 0 Å². The van der Waals surface area contributed by atoms with Crippen LogP contribution in [0.5, 0.6) is 0 Å². The van der Waals surface area contributed by atoms with E-state index in [0.29, 0.717) is 12.0 Å². The topological polar surface area (TPSA) is 25.2 Å². The highest BCUT2D eigenvalue weighted by Crippen LogP contribution is 2.28. The Balaban J connectivity index is 2.14. The second-order valence-corrected chi connectivity index (χ2v) is 5.89. The van der Waals surface area contributed by atoms with Gasteiger partial charge in [-0.25, -0.2) is 0 Å². The van der Waals surface area contributed by atoms with E-state index in [4.69, 9.17) is 4.42 Å². The Kier molecular flexibility index (Phi) is 5.63. The van der Waals surface area contributed by atoms with Gasteiger partial charge in [-0.05, 0) is 43.0 Å². The Bertz CT molecular complexity index is 539. The van der Waals surface area contributed by atoms with E-state index in [2.05, 4.69) is 69.4 Å². The lowest BCUT2D eigenvalue weighted by Gasteiger charge is -2.13. The zero-order chi connectivity index (χ0) is 15.2. The van der Waals surface area contributed by atoms with E-state index in [1.165, 1.54) is 5.56 Å². The molecule has 2 aromatic rings. The highest BCUT2D eigenvalue weighted by molar-refractivity contribution is 5.58. The fraction of sp³-hybridized carbons (Fsp3) is 0.474. The van der Waals surface area contributed by atoms with Gasteiger partial charge in [0.2, 0.25) is 0 Å². The third-order valence-corrected chi connectivity index (χ3v) is 3.88. The molecule has 2 nitrogen and oxygen atoms in total. The van der Waals surface area contributed by atoms with Gasteiger partial charge in [0.05, 0.1) is 6.04 Å². The summed E-state index contributed by atoms with van der Waals surface area (Å²) in [6.45, 7) is 9.82. The third kappa shape index (κ3) is 3.98. The molecule has 0 fully saturated rings. The quantitative estimate of drug-likeness (QED) is 0.724. The van der Waals surface area contributed by atoms with Crippen molar-refractivity contribution in [2.75, 3.05) is 6.54 Å². The van der Waals surface area contributed by atoms with Gasteiger partial charge in [0.15, 0.2) is 0 Å². The van der Waals surface area contributed by atoms with Gasteiger partial charge in [-0.2, -0.15) is 0 Å². The van der Waals surface area contributed by atoms with Crippen molar-refractivity contribution in [3.8, 4) is 11.3 Å². The van der Waals surface area contributed by atoms with E-state index in [0.717, 1.165) is 36.5 Å². The summed E-state index contributed by atoms with van der Waals surface area (Å²) >= 11 is 0. The highest BCUT2D eigenvalue weighted by atomic mass is 16.3. The molecule has 21 heavy (non-hydrogen) atoms. The number of hydrogen-bond acceptors (Lipinski definition) is 2. The predicted molar refractivity (Wildman–Crippen MR) is 89.6 cm³/mol. The Labute approximate surface area is 128 Å². The fourth-order valence-corrected chi connectivity index (χ4v) is 2.49. The maximum Gasteiger partial charge on any atom is 0.134 e. The summed E-state index contributed by atoms with van der Waals surface area (Å²) in [4.78, 5) is 0. The van der Waals surface area contributed by atoms with Gasteiger partial charge in [0, 0.05) is 5.56 Å². The van der Waals surface area contributed by atoms with Crippen LogP contribution in [0.15, 0.2) is 40.8 Å². The van der Waals surface area contributed by atoms with E-state index in [-0.39, 0.29) is 0 Å². The summed E-state index contributed by atoms with van der Waals surface area (Å²) in [5, 5.41) is 3.53. The molecule has 1 unspecified atom stereocenters. The molecule has 0 aliphatic rings. The van der Waals surface area contributed by atoms with Crippen LogP contribution in [-0.2, 0) is 0 Å². The minimum atomic E-state index is 0.314. The first-order chi connectivity index (χ1) is 10.2. The van der Waals surface area contributed by atoms with Gasteiger partial charge in [-0.1, -0.05) is 52.0 Å². The maximum absolute atomic E-state index is 6.06. The van der Waals surface area contributed by atoms with Gasteiger partial charge >= 0.3 is 0 Å². The molecule has 2 rings (SSSR count). The molecule has 1 aromatic carbocycles. The van der Waals surface area contributed by atoms with E-state index in [1.807, 2.05) is 0 Å². The number of rotatable bonds is 7. The Morgan fingerprint density at radius 2 is 1.71 bits per heavy atom. The lowest BCUT2D eigenvalue weighted by molar-refractivity contribution is 0.411. The molecule has 0 saturated heterocycles. The molecule has 0 aliphatic carbocycles. The minimum Gasteiger partial charge on any atom is -0.459 e. The van der Waals surface area contributed by atoms with Crippen LogP contribution in [0.2, 0.25) is 0 Å². The number of hydrogen-bond donors (Lipinski definition) is 1. The van der Waals surface area contributed by atoms with Crippen LogP contribution < -0.4 is 5.32 Å². The summed E-state index contributed by atoms with van der Waals surface area (Å²) in [5.74, 6) is 2.56. The Morgan fingerprint density at radius 3 is 2.29 bits per heavy atom. The summed E-state index contributed by atoms with van der Waals surface area (Å²) in [7, 11) is 0. The molecule has 1 aromatic heterocycles. The second-order valence-electron chi connectivity index (χ2n) is 5.89. The molecule has 0 saturated carbocycles. The molecule has 0 bridgehead atoms. The molecule has 1 atom stereocenters. The van der Waals surface area contributed by atoms with E-state index in [1.54, 1.807) is 0 Å². The van der Waals surface area contributed by atoms with Crippen LogP contribution in [0.1, 0.15) is 63.8 Å².